The molecule has 0 aliphatic heterocycles. The highest BCUT2D eigenvalue weighted by Gasteiger charge is 2.01. The van der Waals surface area contributed by atoms with Crippen LogP contribution in [-0.4, -0.2) is 24.0 Å². The molecule has 2 aromatic carbocycles. The highest BCUT2D eigenvalue weighted by Crippen LogP contribution is 2.10. The molecule has 1 heterocycles. The zero-order valence-electron chi connectivity index (χ0n) is 17.6. The van der Waals surface area contributed by atoms with Gasteiger partial charge in [-0.2, -0.15) is 0 Å². The maximum Gasteiger partial charge on any atom is 0.191 e. The molecule has 5 heteroatoms. The van der Waals surface area contributed by atoms with E-state index < -0.39 is 0 Å². The molecule has 0 atom stereocenters. The molecule has 0 amide bonds. The lowest BCUT2D eigenvalue weighted by atomic mass is 10.1. The van der Waals surface area contributed by atoms with Crippen LogP contribution in [0.4, 0.5) is 0 Å². The normalized spacial score (nSPS) is 11.3. The number of hydrogen-bond donors (Lipinski definition) is 2. The molecule has 0 aliphatic carbocycles. The maximum absolute atomic E-state index is 5.85. The predicted molar refractivity (Wildman–Crippen MR) is 122 cm³/mol. The van der Waals surface area contributed by atoms with Crippen LogP contribution in [0, 0.1) is 0 Å². The predicted octanol–water partition coefficient (Wildman–Crippen LogP) is 4.10. The van der Waals surface area contributed by atoms with Crippen LogP contribution in [0.3, 0.4) is 0 Å². The summed E-state index contributed by atoms with van der Waals surface area (Å²) in [6, 6.07) is 24.6. The highest BCUT2D eigenvalue weighted by molar-refractivity contribution is 5.79. The van der Waals surface area contributed by atoms with Crippen LogP contribution in [0.15, 0.2) is 84.0 Å². The lowest BCUT2D eigenvalue weighted by molar-refractivity contribution is 0.107. The summed E-state index contributed by atoms with van der Waals surface area (Å²) in [5.74, 6) is 0.819. The molecule has 0 radical (unpaired) electrons. The summed E-state index contributed by atoms with van der Waals surface area (Å²) in [6.07, 6.45) is 2.69. The van der Waals surface area contributed by atoms with Crippen LogP contribution < -0.4 is 10.6 Å². The minimum absolute atomic E-state index is 0.592. The summed E-state index contributed by atoms with van der Waals surface area (Å²) in [4.78, 5) is 9.07. The number of hydrogen-bond acceptors (Lipinski definition) is 3. The molecule has 30 heavy (non-hydrogen) atoms. The van der Waals surface area contributed by atoms with E-state index in [9.17, 15) is 0 Å². The van der Waals surface area contributed by atoms with Crippen LogP contribution in [0.5, 0.6) is 0 Å². The van der Waals surface area contributed by atoms with E-state index in [0.29, 0.717) is 19.8 Å². The van der Waals surface area contributed by atoms with Gasteiger partial charge in [0.2, 0.25) is 0 Å². The first-order chi connectivity index (χ1) is 14.8. The quantitative estimate of drug-likeness (QED) is 0.396. The smallest absolute Gasteiger partial charge is 0.191 e. The van der Waals surface area contributed by atoms with Crippen molar-refractivity contribution in [3.63, 3.8) is 0 Å². The third-order valence-corrected chi connectivity index (χ3v) is 4.54. The first-order valence-electron chi connectivity index (χ1n) is 10.4. The van der Waals surface area contributed by atoms with E-state index in [0.717, 1.165) is 42.3 Å². The molecule has 156 valence electrons. The van der Waals surface area contributed by atoms with Crippen molar-refractivity contribution in [2.24, 2.45) is 4.99 Å². The average Bonchev–Trinajstić information content (AvgIpc) is 2.79. The number of ether oxygens (including phenoxy) is 1. The van der Waals surface area contributed by atoms with E-state index in [4.69, 9.17) is 9.73 Å². The Kier molecular flexibility index (Phi) is 8.90. The third-order valence-electron chi connectivity index (χ3n) is 4.54. The minimum atomic E-state index is 0.592. The molecule has 0 fully saturated rings. The number of nitrogens with zero attached hydrogens (tertiary/aromatic N) is 2. The number of aromatic nitrogens is 1. The topological polar surface area (TPSA) is 58.5 Å². The molecule has 3 rings (SSSR count). The fourth-order valence-corrected chi connectivity index (χ4v) is 3.05. The third kappa shape index (κ3) is 7.68. The van der Waals surface area contributed by atoms with E-state index in [1.165, 1.54) is 5.56 Å². The second-order valence-electron chi connectivity index (χ2n) is 6.99. The van der Waals surface area contributed by atoms with Crippen molar-refractivity contribution in [1.29, 1.82) is 0 Å². The summed E-state index contributed by atoms with van der Waals surface area (Å²) in [5, 5.41) is 6.68. The molecular formula is C25H30N4O. The Bertz CT molecular complexity index is 897. The van der Waals surface area contributed by atoms with Gasteiger partial charge in [-0.05, 0) is 35.7 Å². The van der Waals surface area contributed by atoms with Gasteiger partial charge < -0.3 is 15.4 Å². The van der Waals surface area contributed by atoms with Gasteiger partial charge in [-0.15, -0.1) is 0 Å². The van der Waals surface area contributed by atoms with Crippen molar-refractivity contribution in [3.8, 4) is 0 Å². The van der Waals surface area contributed by atoms with Crippen molar-refractivity contribution in [1.82, 2.24) is 15.6 Å². The second-order valence-corrected chi connectivity index (χ2v) is 6.99. The summed E-state index contributed by atoms with van der Waals surface area (Å²) in [5.41, 5.74) is 4.58. The number of aliphatic imine (C=N–C) groups is 1. The fraction of sp³-hybridized carbons (Fsp3) is 0.280. The molecule has 0 spiro atoms. The van der Waals surface area contributed by atoms with E-state index >= 15 is 0 Å². The molecule has 0 saturated carbocycles. The number of guanidine groups is 1. The summed E-state index contributed by atoms with van der Waals surface area (Å²) in [7, 11) is 0. The number of benzene rings is 2. The van der Waals surface area contributed by atoms with Crippen LogP contribution in [0.1, 0.15) is 29.3 Å². The first-order valence-corrected chi connectivity index (χ1v) is 10.4. The van der Waals surface area contributed by atoms with Gasteiger partial charge in [-0.3, -0.25) is 4.98 Å². The largest absolute Gasteiger partial charge is 0.372 e. The van der Waals surface area contributed by atoms with Gasteiger partial charge in [0.1, 0.15) is 0 Å². The Morgan fingerprint density at radius 3 is 2.43 bits per heavy atom. The Balaban J connectivity index is 1.48. The molecule has 2 N–H and O–H groups in total. The monoisotopic (exact) mass is 402 g/mol. The average molecular weight is 403 g/mol. The van der Waals surface area contributed by atoms with Gasteiger partial charge >= 0.3 is 0 Å². The summed E-state index contributed by atoms with van der Waals surface area (Å²) >= 11 is 0. The first kappa shape index (κ1) is 21.5. The van der Waals surface area contributed by atoms with E-state index in [1.54, 1.807) is 0 Å². The number of nitrogens with one attached hydrogen (secondary N) is 2. The molecule has 1 aromatic heterocycles. The molecule has 0 saturated heterocycles. The molecule has 5 nitrogen and oxygen atoms in total. The molecule has 0 bridgehead atoms. The van der Waals surface area contributed by atoms with Gasteiger partial charge in [-0.25, -0.2) is 4.99 Å². The minimum Gasteiger partial charge on any atom is -0.372 e. The SMILES string of the molecule is CCNC(=NCc1cccc(COCc2ccccc2)c1)NCCc1ccccn1. The zero-order valence-corrected chi connectivity index (χ0v) is 17.6. The van der Waals surface area contributed by atoms with E-state index in [2.05, 4.69) is 58.9 Å². The maximum atomic E-state index is 5.85. The second kappa shape index (κ2) is 12.4. The van der Waals surface area contributed by atoms with Gasteiger partial charge in [0.15, 0.2) is 5.96 Å². The summed E-state index contributed by atoms with van der Waals surface area (Å²) in [6.45, 7) is 5.51. The Hall–Kier alpha value is -3.18. The van der Waals surface area contributed by atoms with Crippen molar-refractivity contribution in [2.75, 3.05) is 13.1 Å². The molecule has 3 aromatic rings. The van der Waals surface area contributed by atoms with Gasteiger partial charge in [-0.1, -0.05) is 60.7 Å². The van der Waals surface area contributed by atoms with Crippen molar-refractivity contribution in [3.05, 3.63) is 101 Å². The van der Waals surface area contributed by atoms with Crippen LogP contribution in [-0.2, 0) is 30.9 Å². The van der Waals surface area contributed by atoms with Gasteiger partial charge in [0.25, 0.3) is 0 Å². The number of rotatable bonds is 10. The van der Waals surface area contributed by atoms with E-state index in [-0.39, 0.29) is 0 Å². The van der Waals surface area contributed by atoms with E-state index in [1.807, 2.05) is 42.6 Å². The van der Waals surface area contributed by atoms with Gasteiger partial charge in [0.05, 0.1) is 19.8 Å². The standard InChI is InChI=1S/C25H30N4O/c1-2-26-25(28-16-14-24-13-6-7-15-27-24)29-18-22-11-8-12-23(17-22)20-30-19-21-9-4-3-5-10-21/h3-13,15,17H,2,14,16,18-20H2,1H3,(H2,26,28,29). The zero-order chi connectivity index (χ0) is 20.9. The van der Waals surface area contributed by atoms with Gasteiger partial charge in [0, 0.05) is 31.4 Å². The lowest BCUT2D eigenvalue weighted by Gasteiger charge is -2.11. The summed E-state index contributed by atoms with van der Waals surface area (Å²) < 4.78 is 5.85. The Labute approximate surface area is 179 Å². The molecule has 0 unspecified atom stereocenters. The van der Waals surface area contributed by atoms with Crippen LogP contribution in [0.25, 0.3) is 0 Å². The van der Waals surface area contributed by atoms with Crippen LogP contribution in [0.2, 0.25) is 0 Å². The number of pyridine rings is 1. The Morgan fingerprint density at radius 1 is 0.867 bits per heavy atom. The molecule has 0 aliphatic rings. The van der Waals surface area contributed by atoms with Crippen molar-refractivity contribution in [2.45, 2.75) is 33.1 Å². The van der Waals surface area contributed by atoms with Crippen molar-refractivity contribution < 1.29 is 4.74 Å². The highest BCUT2D eigenvalue weighted by atomic mass is 16.5. The van der Waals surface area contributed by atoms with Crippen LogP contribution >= 0.6 is 0 Å². The van der Waals surface area contributed by atoms with Crippen molar-refractivity contribution >= 4 is 5.96 Å². The molecular weight excluding hydrogens is 372 g/mol. The lowest BCUT2D eigenvalue weighted by Crippen LogP contribution is -2.38. The fourth-order valence-electron chi connectivity index (χ4n) is 3.05. The Morgan fingerprint density at radius 2 is 1.63 bits per heavy atom.